The number of rotatable bonds is 3. The van der Waals surface area contributed by atoms with Crippen molar-refractivity contribution in [2.75, 3.05) is 6.54 Å². The number of likely N-dealkylation sites (tertiary alicyclic amines) is 1. The topological polar surface area (TPSA) is 76.5 Å². The summed E-state index contributed by atoms with van der Waals surface area (Å²) in [4.78, 5) is 26.4. The molecule has 2 amide bonds. The van der Waals surface area contributed by atoms with Crippen molar-refractivity contribution in [3.63, 3.8) is 0 Å². The summed E-state index contributed by atoms with van der Waals surface area (Å²) in [5, 5.41) is 0. The number of carbonyl (C=O) groups is 2. The number of nitrogens with two attached hydrogens (primary N) is 1. The van der Waals surface area contributed by atoms with Gasteiger partial charge in [-0.25, -0.2) is 0 Å². The Morgan fingerprint density at radius 3 is 2.52 bits per heavy atom. The Hall–Kier alpha value is -2.56. The van der Waals surface area contributed by atoms with E-state index in [1.807, 2.05) is 30.3 Å². The van der Waals surface area contributed by atoms with Crippen molar-refractivity contribution in [3.8, 4) is 0 Å². The van der Waals surface area contributed by atoms with Crippen molar-refractivity contribution >= 4 is 11.8 Å². The zero-order chi connectivity index (χ0) is 14.9. The van der Waals surface area contributed by atoms with Crippen LogP contribution in [-0.2, 0) is 10.3 Å². The summed E-state index contributed by atoms with van der Waals surface area (Å²) in [7, 11) is 0. The molecule has 1 aliphatic rings. The van der Waals surface area contributed by atoms with Crippen molar-refractivity contribution in [2.24, 2.45) is 5.73 Å². The van der Waals surface area contributed by atoms with Crippen molar-refractivity contribution in [3.05, 3.63) is 60.1 Å². The molecule has 3 rings (SSSR count). The molecule has 1 unspecified atom stereocenters. The van der Waals surface area contributed by atoms with Crippen LogP contribution in [-0.4, -0.2) is 23.3 Å². The van der Waals surface area contributed by atoms with Crippen molar-refractivity contribution in [1.29, 1.82) is 0 Å². The van der Waals surface area contributed by atoms with E-state index >= 15 is 0 Å². The molecule has 1 saturated heterocycles. The molecule has 0 bridgehead atoms. The Balaban J connectivity index is 2.07. The van der Waals surface area contributed by atoms with Gasteiger partial charge in [-0.3, -0.25) is 9.59 Å². The number of primary amides is 1. The molecule has 0 spiro atoms. The summed E-state index contributed by atoms with van der Waals surface area (Å²) in [5.41, 5.74) is 5.34. The maximum Gasteiger partial charge on any atom is 0.290 e. The molecular formula is C16H16N2O3. The number of benzene rings is 1. The number of carbonyl (C=O) groups excluding carboxylic acids is 2. The molecule has 5 nitrogen and oxygen atoms in total. The van der Waals surface area contributed by atoms with Crippen LogP contribution in [0.5, 0.6) is 0 Å². The van der Waals surface area contributed by atoms with Gasteiger partial charge in [-0.2, -0.15) is 0 Å². The molecule has 0 saturated carbocycles. The van der Waals surface area contributed by atoms with Crippen LogP contribution < -0.4 is 5.73 Å². The summed E-state index contributed by atoms with van der Waals surface area (Å²) >= 11 is 0. The number of furan rings is 1. The fourth-order valence-corrected chi connectivity index (χ4v) is 3.04. The molecule has 2 heterocycles. The van der Waals surface area contributed by atoms with E-state index in [-0.39, 0.29) is 11.7 Å². The zero-order valence-corrected chi connectivity index (χ0v) is 11.5. The van der Waals surface area contributed by atoms with Crippen molar-refractivity contribution in [2.45, 2.75) is 18.4 Å². The first-order valence-corrected chi connectivity index (χ1v) is 6.87. The molecule has 1 aromatic carbocycles. The Bertz CT molecular complexity index is 651. The number of hydrogen-bond donors (Lipinski definition) is 1. The van der Waals surface area contributed by atoms with Crippen LogP contribution in [0.2, 0.25) is 0 Å². The molecule has 0 radical (unpaired) electrons. The van der Waals surface area contributed by atoms with Crippen LogP contribution in [0.3, 0.4) is 0 Å². The normalized spacial score (nSPS) is 21.4. The molecular weight excluding hydrogens is 268 g/mol. The minimum Gasteiger partial charge on any atom is -0.459 e. The van der Waals surface area contributed by atoms with E-state index in [4.69, 9.17) is 10.2 Å². The Morgan fingerprint density at radius 1 is 1.14 bits per heavy atom. The minimum atomic E-state index is -1.09. The summed E-state index contributed by atoms with van der Waals surface area (Å²) in [5.74, 6) is -0.593. The second-order valence-electron chi connectivity index (χ2n) is 5.13. The average Bonchev–Trinajstić information content (AvgIpc) is 3.17. The Morgan fingerprint density at radius 2 is 1.90 bits per heavy atom. The van der Waals surface area contributed by atoms with Gasteiger partial charge in [0.25, 0.3) is 5.91 Å². The largest absolute Gasteiger partial charge is 0.459 e. The first-order valence-electron chi connectivity index (χ1n) is 6.87. The molecule has 21 heavy (non-hydrogen) atoms. The van der Waals surface area contributed by atoms with Crippen LogP contribution in [0.15, 0.2) is 53.1 Å². The summed E-state index contributed by atoms with van der Waals surface area (Å²) in [6.45, 7) is 0.483. The van der Waals surface area contributed by atoms with Gasteiger partial charge in [-0.1, -0.05) is 30.3 Å². The van der Waals surface area contributed by atoms with Crippen LogP contribution in [0.25, 0.3) is 0 Å². The summed E-state index contributed by atoms with van der Waals surface area (Å²) < 4.78 is 5.17. The van der Waals surface area contributed by atoms with Crippen molar-refractivity contribution in [1.82, 2.24) is 4.90 Å². The van der Waals surface area contributed by atoms with Gasteiger partial charge in [0.15, 0.2) is 5.76 Å². The monoisotopic (exact) mass is 284 g/mol. The quantitative estimate of drug-likeness (QED) is 0.935. The Kier molecular flexibility index (Phi) is 3.25. The maximum atomic E-state index is 12.6. The highest BCUT2D eigenvalue weighted by Gasteiger charge is 2.50. The van der Waals surface area contributed by atoms with Gasteiger partial charge in [0.05, 0.1) is 6.26 Å². The SMILES string of the molecule is NC(=O)C1(c2ccccc2)CCCN1C(=O)c1ccco1. The molecule has 5 heteroatoms. The van der Waals surface area contributed by atoms with E-state index in [2.05, 4.69) is 0 Å². The fourth-order valence-electron chi connectivity index (χ4n) is 3.04. The second kappa shape index (κ2) is 5.09. The van der Waals surface area contributed by atoms with Gasteiger partial charge in [0.1, 0.15) is 5.54 Å². The standard InChI is InChI=1S/C16H16N2O3/c17-15(20)16(12-6-2-1-3-7-12)9-5-10-18(16)14(19)13-8-4-11-21-13/h1-4,6-8,11H,5,9-10H2,(H2,17,20). The lowest BCUT2D eigenvalue weighted by Crippen LogP contribution is -2.53. The van der Waals surface area contributed by atoms with Crippen LogP contribution >= 0.6 is 0 Å². The smallest absolute Gasteiger partial charge is 0.290 e. The van der Waals surface area contributed by atoms with Gasteiger partial charge < -0.3 is 15.1 Å². The van der Waals surface area contributed by atoms with Gasteiger partial charge in [-0.05, 0) is 30.5 Å². The highest BCUT2D eigenvalue weighted by molar-refractivity contribution is 5.98. The highest BCUT2D eigenvalue weighted by Crippen LogP contribution is 2.39. The van der Waals surface area contributed by atoms with E-state index < -0.39 is 11.4 Å². The lowest BCUT2D eigenvalue weighted by atomic mass is 9.86. The van der Waals surface area contributed by atoms with E-state index in [0.29, 0.717) is 13.0 Å². The van der Waals surface area contributed by atoms with E-state index in [1.165, 1.54) is 11.2 Å². The van der Waals surface area contributed by atoms with Crippen LogP contribution in [0, 0.1) is 0 Å². The summed E-state index contributed by atoms with van der Waals surface area (Å²) in [6.07, 6.45) is 2.70. The van der Waals surface area contributed by atoms with Crippen LogP contribution in [0.4, 0.5) is 0 Å². The predicted molar refractivity (Wildman–Crippen MR) is 76.3 cm³/mol. The van der Waals surface area contributed by atoms with Gasteiger partial charge in [0, 0.05) is 6.54 Å². The van der Waals surface area contributed by atoms with Gasteiger partial charge in [0.2, 0.25) is 5.91 Å². The second-order valence-corrected chi connectivity index (χ2v) is 5.13. The zero-order valence-electron chi connectivity index (χ0n) is 11.5. The third kappa shape index (κ3) is 2.01. The van der Waals surface area contributed by atoms with Gasteiger partial charge in [-0.15, -0.1) is 0 Å². The number of amides is 2. The van der Waals surface area contributed by atoms with Gasteiger partial charge >= 0.3 is 0 Å². The maximum absolute atomic E-state index is 12.6. The third-order valence-corrected chi connectivity index (χ3v) is 4.02. The molecule has 108 valence electrons. The molecule has 2 aromatic rings. The molecule has 1 atom stereocenters. The third-order valence-electron chi connectivity index (χ3n) is 4.02. The lowest BCUT2D eigenvalue weighted by molar-refractivity contribution is -0.128. The molecule has 0 aliphatic carbocycles. The minimum absolute atomic E-state index is 0.221. The molecule has 2 N–H and O–H groups in total. The van der Waals surface area contributed by atoms with E-state index in [0.717, 1.165) is 12.0 Å². The van der Waals surface area contributed by atoms with Crippen LogP contribution in [0.1, 0.15) is 29.0 Å². The molecule has 1 aromatic heterocycles. The van der Waals surface area contributed by atoms with E-state index in [1.54, 1.807) is 12.1 Å². The first-order chi connectivity index (χ1) is 10.2. The summed E-state index contributed by atoms with van der Waals surface area (Å²) in [6, 6.07) is 12.5. The number of hydrogen-bond acceptors (Lipinski definition) is 3. The lowest BCUT2D eigenvalue weighted by Gasteiger charge is -2.35. The van der Waals surface area contributed by atoms with E-state index in [9.17, 15) is 9.59 Å². The van der Waals surface area contributed by atoms with Crippen molar-refractivity contribution < 1.29 is 14.0 Å². The Labute approximate surface area is 122 Å². The first kappa shape index (κ1) is 13.4. The molecule has 1 aliphatic heterocycles. The predicted octanol–water partition coefficient (Wildman–Crippen LogP) is 1.90. The highest BCUT2D eigenvalue weighted by atomic mass is 16.3. The fraction of sp³-hybridized carbons (Fsp3) is 0.250. The number of nitrogens with zero attached hydrogens (tertiary/aromatic N) is 1. The molecule has 1 fully saturated rings. The average molecular weight is 284 g/mol.